The van der Waals surface area contributed by atoms with Crippen molar-refractivity contribution in [2.75, 3.05) is 5.32 Å². The Hall–Kier alpha value is -3.58. The first-order chi connectivity index (χ1) is 16.4. The summed E-state index contributed by atoms with van der Waals surface area (Å²) in [6.45, 7) is 6.43. The lowest BCUT2D eigenvalue weighted by Crippen LogP contribution is -2.34. The van der Waals surface area contributed by atoms with Gasteiger partial charge >= 0.3 is 0 Å². The number of hydrogen-bond donors (Lipinski definition) is 2. The molecule has 3 aromatic carbocycles. The molecule has 0 aliphatic rings. The average molecular weight is 472 g/mol. The van der Waals surface area contributed by atoms with Gasteiger partial charge in [-0.2, -0.15) is 4.80 Å². The minimum Gasteiger partial charge on any atom is -0.332 e. The average Bonchev–Trinajstić information content (AvgIpc) is 3.26. The number of amides is 1. The molecule has 0 spiro atoms. The number of aromatic nitrogens is 3. The number of carbonyl (C=O) groups excluding carboxylic acids is 1. The number of thiocarbonyl (C=S) groups is 1. The summed E-state index contributed by atoms with van der Waals surface area (Å²) in [6.07, 6.45) is 3.45. The Balaban J connectivity index is 1.41. The molecule has 1 aromatic heterocycles. The fourth-order valence-corrected chi connectivity index (χ4v) is 3.85. The molecule has 0 saturated heterocycles. The van der Waals surface area contributed by atoms with E-state index in [9.17, 15) is 4.79 Å². The Morgan fingerprint density at radius 3 is 2.35 bits per heavy atom. The topological polar surface area (TPSA) is 71.8 Å². The number of nitrogens with one attached hydrogen (secondary N) is 2. The summed E-state index contributed by atoms with van der Waals surface area (Å²) >= 11 is 5.34. The van der Waals surface area contributed by atoms with E-state index in [2.05, 4.69) is 53.7 Å². The van der Waals surface area contributed by atoms with Crippen LogP contribution >= 0.6 is 12.2 Å². The Bertz CT molecular complexity index is 1290. The van der Waals surface area contributed by atoms with E-state index in [-0.39, 0.29) is 11.0 Å². The zero-order valence-electron chi connectivity index (χ0n) is 19.7. The van der Waals surface area contributed by atoms with Gasteiger partial charge in [0.25, 0.3) is 5.91 Å². The van der Waals surface area contributed by atoms with E-state index in [1.807, 2.05) is 54.6 Å². The quantitative estimate of drug-likeness (QED) is 0.323. The fraction of sp³-hybridized carbons (Fsp3) is 0.259. The van der Waals surface area contributed by atoms with Crippen LogP contribution in [0.5, 0.6) is 0 Å². The van der Waals surface area contributed by atoms with Crippen molar-refractivity contribution >= 4 is 40.0 Å². The normalized spacial score (nSPS) is 11.1. The summed E-state index contributed by atoms with van der Waals surface area (Å²) < 4.78 is 0. The highest BCUT2D eigenvalue weighted by Gasteiger charge is 2.10. The minimum absolute atomic E-state index is 0.229. The van der Waals surface area contributed by atoms with E-state index in [0.29, 0.717) is 11.5 Å². The molecule has 34 heavy (non-hydrogen) atoms. The first kappa shape index (κ1) is 23.6. The summed E-state index contributed by atoms with van der Waals surface area (Å²) in [7, 11) is 0. The molecule has 1 heterocycles. The number of nitrogens with zero attached hydrogens (tertiary/aromatic N) is 3. The number of hydrogen-bond acceptors (Lipinski definition) is 4. The van der Waals surface area contributed by atoms with Crippen molar-refractivity contribution < 1.29 is 4.79 Å². The molecule has 0 saturated carbocycles. The van der Waals surface area contributed by atoms with Gasteiger partial charge in [0.1, 0.15) is 11.0 Å². The maximum absolute atomic E-state index is 12.5. The Kier molecular flexibility index (Phi) is 7.33. The standard InChI is InChI=1S/C27H29N5OS/c1-4-5-6-19-7-14-23(15-8-19)32-30-24-16-13-22(17-25(24)31-32)28-27(34)29-26(33)21-11-9-20(10-12-21)18(2)3/h7-18H,4-6H2,1-3H3,(H2,28,29,33,34). The van der Waals surface area contributed by atoms with Gasteiger partial charge in [0.05, 0.1) is 5.69 Å². The molecule has 0 radical (unpaired) electrons. The van der Waals surface area contributed by atoms with E-state index in [0.717, 1.165) is 28.8 Å². The van der Waals surface area contributed by atoms with Gasteiger partial charge in [-0.3, -0.25) is 10.1 Å². The molecular weight excluding hydrogens is 442 g/mol. The van der Waals surface area contributed by atoms with Crippen molar-refractivity contribution in [3.05, 3.63) is 83.4 Å². The summed E-state index contributed by atoms with van der Waals surface area (Å²) in [5.41, 5.74) is 6.23. The molecule has 0 aliphatic heterocycles. The van der Waals surface area contributed by atoms with Crippen molar-refractivity contribution in [1.29, 1.82) is 0 Å². The predicted octanol–water partition coefficient (Wildman–Crippen LogP) is 6.01. The number of benzene rings is 3. The van der Waals surface area contributed by atoms with Crippen LogP contribution in [0.3, 0.4) is 0 Å². The van der Waals surface area contributed by atoms with Crippen LogP contribution in [0.4, 0.5) is 5.69 Å². The molecule has 0 fully saturated rings. The van der Waals surface area contributed by atoms with Crippen LogP contribution in [0, 0.1) is 0 Å². The first-order valence-corrected chi connectivity index (χ1v) is 12.0. The predicted molar refractivity (Wildman–Crippen MR) is 142 cm³/mol. The number of aryl methyl sites for hydroxylation is 1. The first-order valence-electron chi connectivity index (χ1n) is 11.6. The lowest BCUT2D eigenvalue weighted by Gasteiger charge is -2.10. The lowest BCUT2D eigenvalue weighted by atomic mass is 10.0. The number of unbranched alkanes of at least 4 members (excludes halogenated alkanes) is 1. The third-order valence-electron chi connectivity index (χ3n) is 5.69. The van der Waals surface area contributed by atoms with Crippen LogP contribution in [0.1, 0.15) is 61.0 Å². The van der Waals surface area contributed by atoms with Crippen molar-refractivity contribution in [1.82, 2.24) is 20.3 Å². The number of anilines is 1. The van der Waals surface area contributed by atoms with E-state index in [1.165, 1.54) is 24.0 Å². The Morgan fingerprint density at radius 2 is 1.68 bits per heavy atom. The monoisotopic (exact) mass is 471 g/mol. The third-order valence-corrected chi connectivity index (χ3v) is 5.90. The van der Waals surface area contributed by atoms with Gasteiger partial charge in [-0.25, -0.2) is 0 Å². The smallest absolute Gasteiger partial charge is 0.257 e. The Labute approximate surface area is 205 Å². The minimum atomic E-state index is -0.248. The van der Waals surface area contributed by atoms with Crippen LogP contribution in [0.2, 0.25) is 0 Å². The van der Waals surface area contributed by atoms with Gasteiger partial charge in [-0.05, 0) is 84.6 Å². The van der Waals surface area contributed by atoms with Crippen LogP contribution in [0.15, 0.2) is 66.7 Å². The third kappa shape index (κ3) is 5.66. The molecule has 0 aliphatic carbocycles. The van der Waals surface area contributed by atoms with E-state index < -0.39 is 0 Å². The van der Waals surface area contributed by atoms with Crippen molar-refractivity contribution in [3.63, 3.8) is 0 Å². The van der Waals surface area contributed by atoms with Crippen LogP contribution in [-0.4, -0.2) is 26.0 Å². The molecule has 2 N–H and O–H groups in total. The highest BCUT2D eigenvalue weighted by Crippen LogP contribution is 2.19. The van der Waals surface area contributed by atoms with Gasteiger partial charge in [0.2, 0.25) is 0 Å². The second kappa shape index (κ2) is 10.6. The number of rotatable bonds is 7. The molecule has 4 rings (SSSR count). The zero-order chi connectivity index (χ0) is 24.1. The summed E-state index contributed by atoms with van der Waals surface area (Å²) in [5, 5.41) is 15.2. The largest absolute Gasteiger partial charge is 0.332 e. The molecule has 6 nitrogen and oxygen atoms in total. The zero-order valence-corrected chi connectivity index (χ0v) is 20.5. The van der Waals surface area contributed by atoms with Gasteiger partial charge in [-0.1, -0.05) is 51.5 Å². The van der Waals surface area contributed by atoms with Gasteiger partial charge in [0.15, 0.2) is 5.11 Å². The van der Waals surface area contributed by atoms with E-state index in [1.54, 1.807) is 4.80 Å². The highest BCUT2D eigenvalue weighted by molar-refractivity contribution is 7.80. The van der Waals surface area contributed by atoms with Crippen LogP contribution < -0.4 is 10.6 Å². The SMILES string of the molecule is CCCCc1ccc(-n2nc3ccc(NC(=S)NC(=O)c4ccc(C(C)C)cc4)cc3n2)cc1. The molecule has 0 bridgehead atoms. The van der Waals surface area contributed by atoms with Crippen molar-refractivity contribution in [2.24, 2.45) is 0 Å². The van der Waals surface area contributed by atoms with Crippen LogP contribution in [0.25, 0.3) is 16.7 Å². The van der Waals surface area contributed by atoms with Crippen molar-refractivity contribution in [2.45, 2.75) is 46.0 Å². The lowest BCUT2D eigenvalue weighted by molar-refractivity contribution is 0.0977. The van der Waals surface area contributed by atoms with Gasteiger partial charge in [-0.15, -0.1) is 10.2 Å². The number of fused-ring (bicyclic) bond motifs is 1. The second-order valence-corrected chi connectivity index (χ2v) is 9.06. The maximum Gasteiger partial charge on any atom is 0.257 e. The van der Waals surface area contributed by atoms with Crippen molar-refractivity contribution in [3.8, 4) is 5.69 Å². The molecule has 1 amide bonds. The molecule has 174 valence electrons. The maximum atomic E-state index is 12.5. The van der Waals surface area contributed by atoms with E-state index in [4.69, 9.17) is 12.2 Å². The fourth-order valence-electron chi connectivity index (χ4n) is 3.64. The molecule has 0 unspecified atom stereocenters. The molecule has 4 aromatic rings. The number of carbonyl (C=O) groups is 1. The molecule has 0 atom stereocenters. The Morgan fingerprint density at radius 1 is 0.971 bits per heavy atom. The van der Waals surface area contributed by atoms with Gasteiger partial charge in [0, 0.05) is 11.3 Å². The highest BCUT2D eigenvalue weighted by atomic mass is 32.1. The summed E-state index contributed by atoms with van der Waals surface area (Å²) in [5.74, 6) is 0.167. The molecular formula is C27H29N5OS. The van der Waals surface area contributed by atoms with Crippen LogP contribution in [-0.2, 0) is 6.42 Å². The van der Waals surface area contributed by atoms with Gasteiger partial charge < -0.3 is 5.32 Å². The summed E-state index contributed by atoms with van der Waals surface area (Å²) in [6, 6.07) is 21.5. The summed E-state index contributed by atoms with van der Waals surface area (Å²) in [4.78, 5) is 14.2. The second-order valence-electron chi connectivity index (χ2n) is 8.65. The molecule has 7 heteroatoms. The van der Waals surface area contributed by atoms with E-state index >= 15 is 0 Å².